The number of nitrogens with two attached hydrogens (primary N) is 1. The molecule has 0 amide bonds. The molecule has 5 nitrogen and oxygen atoms in total. The standard InChI is InChI=1S/C8H10N4O/c1-13-5-7-10-8-6(9)3-2-4-12(8)11-7/h2-4H,5,9H2,1H3. The molecule has 2 heterocycles. The Morgan fingerprint density at radius 2 is 2.46 bits per heavy atom. The minimum Gasteiger partial charge on any atom is -0.396 e. The van der Waals surface area contributed by atoms with Crippen LogP contribution in [-0.2, 0) is 11.3 Å². The van der Waals surface area contributed by atoms with Crippen LogP contribution in [0.2, 0.25) is 0 Å². The van der Waals surface area contributed by atoms with E-state index in [0.717, 1.165) is 0 Å². The van der Waals surface area contributed by atoms with Crippen molar-refractivity contribution in [3.05, 3.63) is 24.2 Å². The largest absolute Gasteiger partial charge is 0.396 e. The predicted molar refractivity (Wildman–Crippen MR) is 48.1 cm³/mol. The molecule has 5 heteroatoms. The van der Waals surface area contributed by atoms with Crippen molar-refractivity contribution < 1.29 is 4.74 Å². The lowest BCUT2D eigenvalue weighted by molar-refractivity contribution is 0.178. The third kappa shape index (κ3) is 1.33. The van der Waals surface area contributed by atoms with E-state index < -0.39 is 0 Å². The molecule has 0 aromatic carbocycles. The van der Waals surface area contributed by atoms with Crippen LogP contribution in [0.25, 0.3) is 5.65 Å². The summed E-state index contributed by atoms with van der Waals surface area (Å²) in [5, 5.41) is 4.16. The van der Waals surface area contributed by atoms with E-state index in [-0.39, 0.29) is 0 Å². The minimum atomic E-state index is 0.404. The van der Waals surface area contributed by atoms with Gasteiger partial charge >= 0.3 is 0 Å². The minimum absolute atomic E-state index is 0.404. The molecule has 0 atom stereocenters. The van der Waals surface area contributed by atoms with E-state index in [1.807, 2.05) is 6.07 Å². The summed E-state index contributed by atoms with van der Waals surface area (Å²) >= 11 is 0. The van der Waals surface area contributed by atoms with Crippen LogP contribution in [0.1, 0.15) is 5.82 Å². The highest BCUT2D eigenvalue weighted by atomic mass is 16.5. The Balaban J connectivity index is 2.55. The van der Waals surface area contributed by atoms with E-state index in [0.29, 0.717) is 23.8 Å². The number of nitrogen functional groups attached to an aromatic ring is 1. The number of ether oxygens (including phenoxy) is 1. The summed E-state index contributed by atoms with van der Waals surface area (Å²) < 4.78 is 6.56. The number of nitrogens with zero attached hydrogens (tertiary/aromatic N) is 3. The van der Waals surface area contributed by atoms with Gasteiger partial charge in [-0.05, 0) is 12.1 Å². The van der Waals surface area contributed by atoms with Gasteiger partial charge in [0, 0.05) is 13.3 Å². The number of rotatable bonds is 2. The van der Waals surface area contributed by atoms with Crippen LogP contribution in [0.15, 0.2) is 18.3 Å². The van der Waals surface area contributed by atoms with Gasteiger partial charge in [-0.25, -0.2) is 9.50 Å². The van der Waals surface area contributed by atoms with Crippen molar-refractivity contribution in [2.24, 2.45) is 0 Å². The number of fused-ring (bicyclic) bond motifs is 1. The molecule has 0 unspecified atom stereocenters. The monoisotopic (exact) mass is 178 g/mol. The third-order valence-electron chi connectivity index (χ3n) is 1.71. The number of pyridine rings is 1. The van der Waals surface area contributed by atoms with Crippen molar-refractivity contribution in [3.8, 4) is 0 Å². The summed E-state index contributed by atoms with van der Waals surface area (Å²) in [7, 11) is 1.61. The first-order valence-corrected chi connectivity index (χ1v) is 3.90. The van der Waals surface area contributed by atoms with Gasteiger partial charge in [-0.2, -0.15) is 0 Å². The number of hydrogen-bond donors (Lipinski definition) is 1. The first-order valence-electron chi connectivity index (χ1n) is 3.90. The molecule has 0 fully saturated rings. The molecular weight excluding hydrogens is 168 g/mol. The quantitative estimate of drug-likeness (QED) is 0.725. The molecule has 2 aromatic rings. The summed E-state index contributed by atoms with van der Waals surface area (Å²) in [4.78, 5) is 4.20. The van der Waals surface area contributed by atoms with Crippen LogP contribution in [0.4, 0.5) is 5.69 Å². The summed E-state index contributed by atoms with van der Waals surface area (Å²) in [5.74, 6) is 0.639. The third-order valence-corrected chi connectivity index (χ3v) is 1.71. The van der Waals surface area contributed by atoms with Crippen molar-refractivity contribution >= 4 is 11.3 Å². The van der Waals surface area contributed by atoms with Crippen molar-refractivity contribution in [2.45, 2.75) is 6.61 Å². The Hall–Kier alpha value is -1.62. The Morgan fingerprint density at radius 3 is 3.15 bits per heavy atom. The normalized spacial score (nSPS) is 10.8. The fraction of sp³-hybridized carbons (Fsp3) is 0.250. The van der Waals surface area contributed by atoms with Crippen molar-refractivity contribution in [1.29, 1.82) is 0 Å². The van der Waals surface area contributed by atoms with Gasteiger partial charge in [0.25, 0.3) is 0 Å². The molecule has 0 saturated carbocycles. The highest BCUT2D eigenvalue weighted by Gasteiger charge is 2.04. The topological polar surface area (TPSA) is 65.4 Å². The maximum absolute atomic E-state index is 5.70. The molecular formula is C8H10N4O. The van der Waals surface area contributed by atoms with Gasteiger partial charge < -0.3 is 10.5 Å². The average Bonchev–Trinajstić information content (AvgIpc) is 2.49. The molecule has 0 aliphatic rings. The molecule has 0 saturated heterocycles. The summed E-state index contributed by atoms with van der Waals surface area (Å²) in [6, 6.07) is 3.62. The number of anilines is 1. The maximum atomic E-state index is 5.70. The maximum Gasteiger partial charge on any atom is 0.178 e. The molecule has 2 rings (SSSR count). The lowest BCUT2D eigenvalue weighted by atomic mass is 10.4. The van der Waals surface area contributed by atoms with E-state index in [2.05, 4.69) is 10.1 Å². The summed E-state index contributed by atoms with van der Waals surface area (Å²) in [6.07, 6.45) is 1.80. The number of aromatic nitrogens is 3. The van der Waals surface area contributed by atoms with Crippen molar-refractivity contribution in [2.75, 3.05) is 12.8 Å². The van der Waals surface area contributed by atoms with E-state index in [1.54, 1.807) is 23.9 Å². The van der Waals surface area contributed by atoms with Crippen LogP contribution in [0.3, 0.4) is 0 Å². The van der Waals surface area contributed by atoms with Gasteiger partial charge in [-0.15, -0.1) is 5.10 Å². The second-order valence-corrected chi connectivity index (χ2v) is 2.69. The van der Waals surface area contributed by atoms with Crippen LogP contribution in [-0.4, -0.2) is 21.7 Å². The van der Waals surface area contributed by atoms with Gasteiger partial charge in [-0.3, -0.25) is 0 Å². The molecule has 2 N–H and O–H groups in total. The highest BCUT2D eigenvalue weighted by molar-refractivity contribution is 5.63. The summed E-state index contributed by atoms with van der Waals surface area (Å²) in [5.41, 5.74) is 7.00. The molecule has 0 aliphatic heterocycles. The smallest absolute Gasteiger partial charge is 0.178 e. The first kappa shape index (κ1) is 8.00. The Kier molecular flexibility index (Phi) is 1.86. The van der Waals surface area contributed by atoms with Gasteiger partial charge in [0.05, 0.1) is 5.69 Å². The number of methoxy groups -OCH3 is 1. The fourth-order valence-corrected chi connectivity index (χ4v) is 1.16. The average molecular weight is 178 g/mol. The predicted octanol–water partition coefficient (Wildman–Crippen LogP) is 0.458. The zero-order chi connectivity index (χ0) is 9.26. The molecule has 0 spiro atoms. The molecule has 2 aromatic heterocycles. The first-order chi connectivity index (χ1) is 6.31. The van der Waals surface area contributed by atoms with Crippen LogP contribution in [0.5, 0.6) is 0 Å². The Morgan fingerprint density at radius 1 is 1.62 bits per heavy atom. The van der Waals surface area contributed by atoms with Crippen LogP contribution < -0.4 is 5.73 Å². The Labute approximate surface area is 75.1 Å². The SMILES string of the molecule is COCc1nc2c(N)cccn2n1. The van der Waals surface area contributed by atoms with Crippen molar-refractivity contribution in [1.82, 2.24) is 14.6 Å². The second kappa shape index (κ2) is 3.02. The van der Waals surface area contributed by atoms with Crippen LogP contribution in [0, 0.1) is 0 Å². The molecule has 0 aliphatic carbocycles. The van der Waals surface area contributed by atoms with Gasteiger partial charge in [0.15, 0.2) is 11.5 Å². The summed E-state index contributed by atoms with van der Waals surface area (Å²) in [6.45, 7) is 0.404. The van der Waals surface area contributed by atoms with E-state index >= 15 is 0 Å². The van der Waals surface area contributed by atoms with E-state index in [4.69, 9.17) is 10.5 Å². The van der Waals surface area contributed by atoms with Gasteiger partial charge in [0.1, 0.15) is 6.61 Å². The zero-order valence-corrected chi connectivity index (χ0v) is 7.27. The highest BCUT2D eigenvalue weighted by Crippen LogP contribution is 2.10. The molecule has 0 radical (unpaired) electrons. The molecule has 0 bridgehead atoms. The molecule has 68 valence electrons. The second-order valence-electron chi connectivity index (χ2n) is 2.69. The van der Waals surface area contributed by atoms with Crippen molar-refractivity contribution in [3.63, 3.8) is 0 Å². The van der Waals surface area contributed by atoms with E-state index in [9.17, 15) is 0 Å². The van der Waals surface area contributed by atoms with Gasteiger partial charge in [0.2, 0.25) is 0 Å². The fourth-order valence-electron chi connectivity index (χ4n) is 1.16. The van der Waals surface area contributed by atoms with E-state index in [1.165, 1.54) is 0 Å². The Bertz CT molecular complexity index is 423. The zero-order valence-electron chi connectivity index (χ0n) is 7.27. The number of hydrogen-bond acceptors (Lipinski definition) is 4. The lowest BCUT2D eigenvalue weighted by Crippen LogP contribution is -1.92. The van der Waals surface area contributed by atoms with Crippen LogP contribution >= 0.6 is 0 Å². The lowest BCUT2D eigenvalue weighted by Gasteiger charge is -1.92. The van der Waals surface area contributed by atoms with Gasteiger partial charge in [-0.1, -0.05) is 0 Å². The molecule has 13 heavy (non-hydrogen) atoms.